The lowest BCUT2D eigenvalue weighted by Gasteiger charge is -2.12. The third-order valence-corrected chi connectivity index (χ3v) is 4.91. The Morgan fingerprint density at radius 2 is 1.82 bits per heavy atom. The molecule has 6 heteroatoms. The summed E-state index contributed by atoms with van der Waals surface area (Å²) in [5, 5.41) is 0. The Balaban J connectivity index is 2.17. The maximum atomic E-state index is 12.4. The monoisotopic (exact) mass is 320 g/mol. The molecular weight excluding hydrogens is 300 g/mol. The van der Waals surface area contributed by atoms with Crippen LogP contribution < -0.4 is 15.2 Å². The number of nitrogen functional groups attached to an aromatic ring is 1. The number of anilines is 1. The first-order valence-corrected chi connectivity index (χ1v) is 8.46. The lowest BCUT2D eigenvalue weighted by Crippen LogP contribution is -2.24. The number of para-hydroxylation sites is 1. The Bertz CT molecular complexity index is 740. The Morgan fingerprint density at radius 1 is 1.14 bits per heavy atom. The van der Waals surface area contributed by atoms with Crippen molar-refractivity contribution in [2.45, 2.75) is 24.8 Å². The van der Waals surface area contributed by atoms with Gasteiger partial charge < -0.3 is 10.5 Å². The lowest BCUT2D eigenvalue weighted by molar-refractivity contribution is 0.414. The number of rotatable bonds is 6. The van der Waals surface area contributed by atoms with Crippen LogP contribution in [0, 0.1) is 0 Å². The predicted molar refractivity (Wildman–Crippen MR) is 87.3 cm³/mol. The van der Waals surface area contributed by atoms with E-state index < -0.39 is 10.0 Å². The molecule has 0 bridgehead atoms. The summed E-state index contributed by atoms with van der Waals surface area (Å²) >= 11 is 0. The van der Waals surface area contributed by atoms with E-state index in [1.54, 1.807) is 25.3 Å². The first-order valence-electron chi connectivity index (χ1n) is 6.98. The zero-order valence-corrected chi connectivity index (χ0v) is 13.5. The number of aryl methyl sites for hydroxylation is 1. The van der Waals surface area contributed by atoms with Crippen molar-refractivity contribution < 1.29 is 13.2 Å². The number of ether oxygens (including phenoxy) is 1. The van der Waals surface area contributed by atoms with E-state index in [1.807, 2.05) is 25.1 Å². The van der Waals surface area contributed by atoms with Crippen LogP contribution in [0.5, 0.6) is 5.75 Å². The van der Waals surface area contributed by atoms with Crippen molar-refractivity contribution in [2.75, 3.05) is 12.8 Å². The van der Waals surface area contributed by atoms with Crippen LogP contribution in [-0.2, 0) is 23.0 Å². The highest BCUT2D eigenvalue weighted by molar-refractivity contribution is 7.89. The maximum absolute atomic E-state index is 12.4. The second kappa shape index (κ2) is 6.81. The highest BCUT2D eigenvalue weighted by Crippen LogP contribution is 2.23. The molecule has 0 aliphatic carbocycles. The van der Waals surface area contributed by atoms with E-state index >= 15 is 0 Å². The summed E-state index contributed by atoms with van der Waals surface area (Å²) in [6.45, 7) is 2.13. The third kappa shape index (κ3) is 3.58. The molecule has 0 aliphatic heterocycles. The summed E-state index contributed by atoms with van der Waals surface area (Å²) in [6, 6.07) is 12.3. The van der Waals surface area contributed by atoms with E-state index in [4.69, 9.17) is 10.5 Å². The zero-order valence-electron chi connectivity index (χ0n) is 12.7. The van der Waals surface area contributed by atoms with Crippen LogP contribution in [0.25, 0.3) is 0 Å². The number of sulfonamides is 1. The third-order valence-electron chi connectivity index (χ3n) is 3.45. The van der Waals surface area contributed by atoms with Crippen LogP contribution in [0.4, 0.5) is 5.69 Å². The van der Waals surface area contributed by atoms with Crippen LogP contribution in [0.3, 0.4) is 0 Å². The van der Waals surface area contributed by atoms with Gasteiger partial charge in [0.15, 0.2) is 0 Å². The summed E-state index contributed by atoms with van der Waals surface area (Å²) in [5.41, 5.74) is 7.93. The highest BCUT2D eigenvalue weighted by Gasteiger charge is 2.18. The molecule has 0 saturated carbocycles. The minimum absolute atomic E-state index is 0.125. The SMILES string of the molecule is CCc1cccc(S(=O)(=O)NCc2ccc(OC)cc2)c1N. The van der Waals surface area contributed by atoms with Crippen molar-refractivity contribution in [1.29, 1.82) is 0 Å². The van der Waals surface area contributed by atoms with Gasteiger partial charge in [0.1, 0.15) is 10.6 Å². The fourth-order valence-electron chi connectivity index (χ4n) is 2.13. The minimum Gasteiger partial charge on any atom is -0.497 e. The standard InChI is InChI=1S/C16H20N2O3S/c1-3-13-5-4-6-15(16(13)17)22(19,20)18-11-12-7-9-14(21-2)10-8-12/h4-10,18H,3,11,17H2,1-2H3. The molecule has 0 radical (unpaired) electrons. The quantitative estimate of drug-likeness (QED) is 0.800. The number of hydrogen-bond donors (Lipinski definition) is 2. The topological polar surface area (TPSA) is 81.4 Å². The van der Waals surface area contributed by atoms with Gasteiger partial charge in [0.25, 0.3) is 0 Å². The molecule has 2 aromatic rings. The van der Waals surface area contributed by atoms with Crippen LogP contribution in [0.15, 0.2) is 47.4 Å². The average molecular weight is 320 g/mol. The van der Waals surface area contributed by atoms with Crippen molar-refractivity contribution in [2.24, 2.45) is 0 Å². The van der Waals surface area contributed by atoms with E-state index in [-0.39, 0.29) is 11.4 Å². The molecule has 0 saturated heterocycles. The molecule has 5 nitrogen and oxygen atoms in total. The Hall–Kier alpha value is -2.05. The zero-order chi connectivity index (χ0) is 16.2. The molecule has 2 rings (SSSR count). The second-order valence-electron chi connectivity index (χ2n) is 4.86. The van der Waals surface area contributed by atoms with Crippen LogP contribution in [-0.4, -0.2) is 15.5 Å². The van der Waals surface area contributed by atoms with Gasteiger partial charge in [-0.05, 0) is 35.7 Å². The summed E-state index contributed by atoms with van der Waals surface area (Å²) in [6.07, 6.45) is 0.688. The molecule has 0 aliphatic rings. The highest BCUT2D eigenvalue weighted by atomic mass is 32.2. The molecule has 0 spiro atoms. The first-order chi connectivity index (χ1) is 10.5. The number of hydrogen-bond acceptors (Lipinski definition) is 4. The van der Waals surface area contributed by atoms with Crippen molar-refractivity contribution in [1.82, 2.24) is 4.72 Å². The molecule has 0 amide bonds. The van der Waals surface area contributed by atoms with E-state index in [1.165, 1.54) is 6.07 Å². The van der Waals surface area contributed by atoms with E-state index in [0.717, 1.165) is 16.9 Å². The molecule has 0 atom stereocenters. The van der Waals surface area contributed by atoms with Crippen LogP contribution >= 0.6 is 0 Å². The Morgan fingerprint density at radius 3 is 2.41 bits per heavy atom. The molecule has 0 fully saturated rings. The molecule has 0 aromatic heterocycles. The van der Waals surface area contributed by atoms with Gasteiger partial charge in [-0.25, -0.2) is 13.1 Å². The van der Waals surface area contributed by atoms with E-state index in [9.17, 15) is 8.42 Å². The Labute approximate surface area is 131 Å². The van der Waals surface area contributed by atoms with Crippen molar-refractivity contribution in [3.8, 4) is 5.75 Å². The number of benzene rings is 2. The molecule has 118 valence electrons. The average Bonchev–Trinajstić information content (AvgIpc) is 2.53. The van der Waals surface area contributed by atoms with Gasteiger partial charge in [0, 0.05) is 6.54 Å². The fourth-order valence-corrected chi connectivity index (χ4v) is 3.32. The van der Waals surface area contributed by atoms with Gasteiger partial charge in [0.2, 0.25) is 10.0 Å². The Kier molecular flexibility index (Phi) is 5.05. The van der Waals surface area contributed by atoms with E-state index in [2.05, 4.69) is 4.72 Å². The summed E-state index contributed by atoms with van der Waals surface area (Å²) in [7, 11) is -2.06. The van der Waals surface area contributed by atoms with Gasteiger partial charge in [-0.15, -0.1) is 0 Å². The van der Waals surface area contributed by atoms with Gasteiger partial charge in [-0.2, -0.15) is 0 Å². The predicted octanol–water partition coefficient (Wildman–Crippen LogP) is 2.32. The fraction of sp³-hybridized carbons (Fsp3) is 0.250. The molecule has 3 N–H and O–H groups in total. The molecule has 0 heterocycles. The lowest BCUT2D eigenvalue weighted by atomic mass is 10.1. The van der Waals surface area contributed by atoms with Gasteiger partial charge in [0.05, 0.1) is 12.8 Å². The van der Waals surface area contributed by atoms with Crippen LogP contribution in [0.2, 0.25) is 0 Å². The number of nitrogens with one attached hydrogen (secondary N) is 1. The summed E-state index contributed by atoms with van der Waals surface area (Å²) in [4.78, 5) is 0.125. The molecular formula is C16H20N2O3S. The maximum Gasteiger partial charge on any atom is 0.242 e. The van der Waals surface area contributed by atoms with Gasteiger partial charge in [-0.3, -0.25) is 0 Å². The van der Waals surface area contributed by atoms with Crippen molar-refractivity contribution in [3.63, 3.8) is 0 Å². The van der Waals surface area contributed by atoms with Crippen molar-refractivity contribution >= 4 is 15.7 Å². The van der Waals surface area contributed by atoms with E-state index in [0.29, 0.717) is 12.1 Å². The van der Waals surface area contributed by atoms with Gasteiger partial charge in [-0.1, -0.05) is 31.2 Å². The summed E-state index contributed by atoms with van der Waals surface area (Å²) < 4.78 is 32.4. The van der Waals surface area contributed by atoms with Gasteiger partial charge >= 0.3 is 0 Å². The van der Waals surface area contributed by atoms with Crippen molar-refractivity contribution in [3.05, 3.63) is 53.6 Å². The van der Waals surface area contributed by atoms with Crippen LogP contribution in [0.1, 0.15) is 18.1 Å². The first kappa shape index (κ1) is 16.3. The molecule has 2 aromatic carbocycles. The molecule has 22 heavy (non-hydrogen) atoms. The summed E-state index contributed by atoms with van der Waals surface area (Å²) in [5.74, 6) is 0.728. The number of methoxy groups -OCH3 is 1. The molecule has 0 unspecified atom stereocenters. The normalized spacial score (nSPS) is 11.4. The minimum atomic E-state index is -3.64. The number of nitrogens with two attached hydrogens (primary N) is 1. The largest absolute Gasteiger partial charge is 0.497 e. The second-order valence-corrected chi connectivity index (χ2v) is 6.59. The smallest absolute Gasteiger partial charge is 0.242 e.